The van der Waals surface area contributed by atoms with Crippen LogP contribution in [0.5, 0.6) is 0 Å². The maximum Gasteiger partial charge on any atom is 0.253 e. The van der Waals surface area contributed by atoms with Gasteiger partial charge in [0.2, 0.25) is 0 Å². The van der Waals surface area contributed by atoms with Gasteiger partial charge in [0.1, 0.15) is 0 Å². The molecule has 1 aliphatic rings. The fourth-order valence-corrected chi connectivity index (χ4v) is 2.97. The Balaban J connectivity index is 2.03. The molecule has 1 aromatic carbocycles. The summed E-state index contributed by atoms with van der Waals surface area (Å²) in [4.78, 5) is 25.0. The Hall–Kier alpha value is -1.84. The van der Waals surface area contributed by atoms with Crippen molar-refractivity contribution in [2.24, 2.45) is 11.8 Å². The summed E-state index contributed by atoms with van der Waals surface area (Å²) < 4.78 is 0. The Kier molecular flexibility index (Phi) is 4.77. The molecule has 0 radical (unpaired) electrons. The molecule has 1 heterocycles. The fraction of sp³-hybridized carbons (Fsp3) is 0.500. The first-order valence-corrected chi connectivity index (χ1v) is 7.16. The Labute approximate surface area is 119 Å². The molecule has 108 valence electrons. The van der Waals surface area contributed by atoms with Gasteiger partial charge in [0.15, 0.2) is 0 Å². The third-order valence-corrected chi connectivity index (χ3v) is 4.15. The van der Waals surface area contributed by atoms with E-state index in [2.05, 4.69) is 0 Å². The highest BCUT2D eigenvalue weighted by atomic mass is 16.4. The summed E-state index contributed by atoms with van der Waals surface area (Å²) in [5.41, 5.74) is 0.695. The average molecular weight is 274 g/mol. The number of nitrogens with zero attached hydrogens (tertiary/aromatic N) is 1. The number of hydrogen-bond acceptors (Lipinski definition) is 3. The topological polar surface area (TPSA) is 60.4 Å². The van der Waals surface area contributed by atoms with E-state index in [1.54, 1.807) is 0 Å². The van der Waals surface area contributed by atoms with Gasteiger partial charge in [-0.3, -0.25) is 4.79 Å². The van der Waals surface area contributed by atoms with Crippen LogP contribution in [0.3, 0.4) is 0 Å². The van der Waals surface area contributed by atoms with Crippen molar-refractivity contribution in [2.45, 2.75) is 26.2 Å². The number of carboxylic acids is 1. The summed E-state index contributed by atoms with van der Waals surface area (Å²) in [6.45, 7) is 3.31. The van der Waals surface area contributed by atoms with E-state index in [1.165, 1.54) is 0 Å². The molecule has 0 saturated carbocycles. The predicted octanol–water partition coefficient (Wildman–Crippen LogP) is 1.31. The molecule has 0 aromatic heterocycles. The van der Waals surface area contributed by atoms with Crippen molar-refractivity contribution in [3.05, 3.63) is 35.9 Å². The summed E-state index contributed by atoms with van der Waals surface area (Å²) in [6, 6.07) is 9.23. The van der Waals surface area contributed by atoms with Crippen LogP contribution in [0.4, 0.5) is 0 Å². The van der Waals surface area contributed by atoms with Gasteiger partial charge >= 0.3 is 0 Å². The SMILES string of the molecule is CC[C@H]1CN(C(=O)c2ccccc2)CC[C@H]1CC(=O)[O-]. The number of likely N-dealkylation sites (tertiary alicyclic amines) is 1. The molecule has 4 nitrogen and oxygen atoms in total. The first-order valence-electron chi connectivity index (χ1n) is 7.16. The number of carboxylic acid groups (broad SMARTS) is 1. The van der Waals surface area contributed by atoms with Crippen LogP contribution in [-0.2, 0) is 4.79 Å². The summed E-state index contributed by atoms with van der Waals surface area (Å²) in [7, 11) is 0. The minimum atomic E-state index is -0.990. The minimum absolute atomic E-state index is 0.0379. The molecule has 20 heavy (non-hydrogen) atoms. The normalized spacial score (nSPS) is 22.6. The highest BCUT2D eigenvalue weighted by Gasteiger charge is 2.30. The second-order valence-electron chi connectivity index (χ2n) is 5.41. The smallest absolute Gasteiger partial charge is 0.253 e. The van der Waals surface area contributed by atoms with Crippen molar-refractivity contribution in [1.82, 2.24) is 4.90 Å². The second-order valence-corrected chi connectivity index (χ2v) is 5.41. The van der Waals surface area contributed by atoms with Crippen molar-refractivity contribution in [1.29, 1.82) is 0 Å². The number of carbonyl (C=O) groups excluding carboxylic acids is 2. The molecule has 2 atom stereocenters. The van der Waals surface area contributed by atoms with Crippen LogP contribution in [0.2, 0.25) is 0 Å². The van der Waals surface area contributed by atoms with Crippen molar-refractivity contribution < 1.29 is 14.7 Å². The highest BCUT2D eigenvalue weighted by Crippen LogP contribution is 2.29. The number of piperidine rings is 1. The van der Waals surface area contributed by atoms with Gasteiger partial charge in [-0.2, -0.15) is 0 Å². The van der Waals surface area contributed by atoms with Crippen molar-refractivity contribution in [3.8, 4) is 0 Å². The molecular formula is C16H20NO3-. The van der Waals surface area contributed by atoms with E-state index < -0.39 is 5.97 Å². The molecule has 4 heteroatoms. The Morgan fingerprint density at radius 3 is 2.55 bits per heavy atom. The van der Waals surface area contributed by atoms with Gasteiger partial charge in [-0.1, -0.05) is 31.5 Å². The zero-order valence-electron chi connectivity index (χ0n) is 11.7. The average Bonchev–Trinajstić information content (AvgIpc) is 2.47. The first-order chi connectivity index (χ1) is 9.61. The van der Waals surface area contributed by atoms with Gasteiger partial charge in [0, 0.05) is 24.6 Å². The molecule has 0 spiro atoms. The lowest BCUT2D eigenvalue weighted by atomic mass is 9.81. The summed E-state index contributed by atoms with van der Waals surface area (Å²) in [5, 5.41) is 10.8. The number of carbonyl (C=O) groups is 2. The molecule has 0 aliphatic carbocycles. The lowest BCUT2D eigenvalue weighted by Crippen LogP contribution is -2.45. The van der Waals surface area contributed by atoms with E-state index in [1.807, 2.05) is 42.2 Å². The largest absolute Gasteiger partial charge is 0.550 e. The van der Waals surface area contributed by atoms with Gasteiger partial charge in [-0.05, 0) is 36.8 Å². The number of hydrogen-bond donors (Lipinski definition) is 0. The maximum atomic E-state index is 12.4. The van der Waals surface area contributed by atoms with Crippen LogP contribution in [0.25, 0.3) is 0 Å². The maximum absolute atomic E-state index is 12.4. The number of rotatable bonds is 4. The van der Waals surface area contributed by atoms with E-state index in [0.717, 1.165) is 12.8 Å². The van der Waals surface area contributed by atoms with Gasteiger partial charge in [-0.15, -0.1) is 0 Å². The van der Waals surface area contributed by atoms with Crippen LogP contribution < -0.4 is 5.11 Å². The molecule has 2 rings (SSSR count). The van der Waals surface area contributed by atoms with Gasteiger partial charge in [0.25, 0.3) is 5.91 Å². The molecule has 0 unspecified atom stereocenters. The molecule has 1 amide bonds. The standard InChI is InChI=1S/C16H21NO3/c1-2-12-11-17(9-8-14(12)10-15(18)19)16(20)13-6-4-3-5-7-13/h3-7,12,14H,2,8-11H2,1H3,(H,18,19)/p-1/t12-,14-/m0/s1. The van der Waals surface area contributed by atoms with Gasteiger partial charge in [-0.25, -0.2) is 0 Å². The third-order valence-electron chi connectivity index (χ3n) is 4.15. The molecule has 1 aliphatic heterocycles. The van der Waals surface area contributed by atoms with E-state index in [4.69, 9.17) is 0 Å². The Morgan fingerprint density at radius 1 is 1.25 bits per heavy atom. The highest BCUT2D eigenvalue weighted by molar-refractivity contribution is 5.94. The van der Waals surface area contributed by atoms with Crippen molar-refractivity contribution in [2.75, 3.05) is 13.1 Å². The zero-order valence-corrected chi connectivity index (χ0v) is 11.7. The molecule has 1 aromatic rings. The van der Waals surface area contributed by atoms with E-state index in [0.29, 0.717) is 18.7 Å². The van der Waals surface area contributed by atoms with Crippen LogP contribution in [0.15, 0.2) is 30.3 Å². The van der Waals surface area contributed by atoms with Crippen LogP contribution in [0.1, 0.15) is 36.5 Å². The molecule has 0 bridgehead atoms. The first kappa shape index (κ1) is 14.6. The Morgan fingerprint density at radius 2 is 1.95 bits per heavy atom. The molecule has 0 N–H and O–H groups in total. The van der Waals surface area contributed by atoms with Gasteiger partial charge in [0.05, 0.1) is 0 Å². The van der Waals surface area contributed by atoms with Crippen LogP contribution in [-0.4, -0.2) is 29.9 Å². The number of benzene rings is 1. The summed E-state index contributed by atoms with van der Waals surface area (Å²) in [5.74, 6) is -0.577. The van der Waals surface area contributed by atoms with E-state index >= 15 is 0 Å². The predicted molar refractivity (Wildman–Crippen MR) is 73.9 cm³/mol. The Bertz CT molecular complexity index is 472. The molecule has 1 saturated heterocycles. The van der Waals surface area contributed by atoms with Crippen LogP contribution >= 0.6 is 0 Å². The zero-order chi connectivity index (χ0) is 14.5. The van der Waals surface area contributed by atoms with Crippen LogP contribution in [0, 0.1) is 11.8 Å². The molecule has 1 fully saturated rings. The quantitative estimate of drug-likeness (QED) is 0.832. The molecular weight excluding hydrogens is 254 g/mol. The second kappa shape index (κ2) is 6.55. The van der Waals surface area contributed by atoms with Crippen molar-refractivity contribution in [3.63, 3.8) is 0 Å². The van der Waals surface area contributed by atoms with Gasteiger partial charge < -0.3 is 14.8 Å². The fourth-order valence-electron chi connectivity index (χ4n) is 2.97. The number of aliphatic carboxylic acids is 1. The lowest BCUT2D eigenvalue weighted by Gasteiger charge is -2.38. The van der Waals surface area contributed by atoms with Crippen molar-refractivity contribution >= 4 is 11.9 Å². The van der Waals surface area contributed by atoms with E-state index in [9.17, 15) is 14.7 Å². The third kappa shape index (κ3) is 3.38. The monoisotopic (exact) mass is 274 g/mol. The summed E-state index contributed by atoms with van der Waals surface area (Å²) in [6.07, 6.45) is 1.73. The summed E-state index contributed by atoms with van der Waals surface area (Å²) >= 11 is 0. The van der Waals surface area contributed by atoms with E-state index in [-0.39, 0.29) is 24.2 Å². The lowest BCUT2D eigenvalue weighted by molar-refractivity contribution is -0.307. The minimum Gasteiger partial charge on any atom is -0.550 e. The number of amides is 1.